The lowest BCUT2D eigenvalue weighted by atomic mass is 9.78. The van der Waals surface area contributed by atoms with Gasteiger partial charge in [0.25, 0.3) is 0 Å². The molecule has 0 fully saturated rings. The maximum Gasteiger partial charge on any atom is 0.337 e. The number of carbonyl (C=O) groups is 2. The fourth-order valence-corrected chi connectivity index (χ4v) is 4.70. The lowest BCUT2D eigenvalue weighted by Crippen LogP contribution is -2.42. The topological polar surface area (TPSA) is 73.9 Å². The molecule has 166 valence electrons. The number of para-hydroxylation sites is 1. The van der Waals surface area contributed by atoms with Crippen LogP contribution in [0.25, 0.3) is 10.8 Å². The number of ether oxygens (including phenoxy) is 3. The number of anilines is 1. The van der Waals surface area contributed by atoms with Crippen molar-refractivity contribution in [3.63, 3.8) is 0 Å². The van der Waals surface area contributed by atoms with Crippen molar-refractivity contribution < 1.29 is 23.8 Å². The lowest BCUT2D eigenvalue weighted by Gasteiger charge is -2.36. The van der Waals surface area contributed by atoms with E-state index in [-0.39, 0.29) is 11.1 Å². The van der Waals surface area contributed by atoms with Crippen molar-refractivity contribution >= 4 is 28.4 Å². The molecule has 3 atom stereocenters. The zero-order chi connectivity index (χ0) is 23.0. The first-order chi connectivity index (χ1) is 16.1. The van der Waals surface area contributed by atoms with Crippen LogP contribution in [-0.2, 0) is 23.8 Å². The first-order valence-corrected chi connectivity index (χ1v) is 10.7. The molecule has 0 aromatic heterocycles. The minimum Gasteiger partial charge on any atom is -0.466 e. The molecule has 0 radical (unpaired) electrons. The van der Waals surface area contributed by atoms with E-state index in [9.17, 15) is 9.59 Å². The molecule has 0 saturated carbocycles. The van der Waals surface area contributed by atoms with Crippen LogP contribution in [0.1, 0.15) is 11.6 Å². The second-order valence-electron chi connectivity index (χ2n) is 8.01. The predicted molar refractivity (Wildman–Crippen MR) is 125 cm³/mol. The third-order valence-electron chi connectivity index (χ3n) is 6.20. The van der Waals surface area contributed by atoms with Crippen molar-refractivity contribution in [2.45, 2.75) is 17.7 Å². The zero-order valence-corrected chi connectivity index (χ0v) is 18.3. The van der Waals surface area contributed by atoms with Crippen LogP contribution in [0.15, 0.2) is 96.1 Å². The number of methoxy groups -OCH3 is 2. The molecule has 33 heavy (non-hydrogen) atoms. The Balaban J connectivity index is 1.71. The van der Waals surface area contributed by atoms with E-state index in [1.807, 2.05) is 72.8 Å². The van der Waals surface area contributed by atoms with Gasteiger partial charge in [0, 0.05) is 5.69 Å². The normalized spacial score (nSPS) is 21.8. The van der Waals surface area contributed by atoms with Gasteiger partial charge in [0.15, 0.2) is 0 Å². The molecule has 2 aliphatic rings. The van der Waals surface area contributed by atoms with Gasteiger partial charge in [-0.15, -0.1) is 0 Å². The van der Waals surface area contributed by atoms with Crippen LogP contribution >= 0.6 is 0 Å². The molecule has 0 saturated heterocycles. The fourth-order valence-electron chi connectivity index (χ4n) is 4.70. The molecule has 5 rings (SSSR count). The van der Waals surface area contributed by atoms with Gasteiger partial charge in [0.2, 0.25) is 0 Å². The maximum absolute atomic E-state index is 13.0. The molecule has 3 aromatic rings. The van der Waals surface area contributed by atoms with Gasteiger partial charge >= 0.3 is 11.9 Å². The summed E-state index contributed by atoms with van der Waals surface area (Å²) in [6.07, 6.45) is 2.94. The summed E-state index contributed by atoms with van der Waals surface area (Å²) in [6, 6.07) is 23.3. The molecular formula is C27H23NO5. The van der Waals surface area contributed by atoms with Crippen LogP contribution in [0.3, 0.4) is 0 Å². The van der Waals surface area contributed by atoms with Crippen LogP contribution in [0, 0.1) is 0 Å². The summed E-state index contributed by atoms with van der Waals surface area (Å²) in [7, 11) is 2.58. The number of carbonyl (C=O) groups excluding carboxylic acids is 2. The SMILES string of the molecule is COC(=O)C1=C(C(=O)OC)C2(C(Nc3ccccc3)c3ccc4ccccc4c3)C=CC1O2. The first-order valence-electron chi connectivity index (χ1n) is 10.7. The van der Waals surface area contributed by atoms with Crippen LogP contribution in [-0.4, -0.2) is 37.9 Å². The van der Waals surface area contributed by atoms with Crippen LogP contribution in [0.5, 0.6) is 0 Å². The molecule has 6 nitrogen and oxygen atoms in total. The van der Waals surface area contributed by atoms with Gasteiger partial charge in [-0.25, -0.2) is 9.59 Å². The zero-order valence-electron chi connectivity index (χ0n) is 18.3. The Morgan fingerprint density at radius 1 is 0.909 bits per heavy atom. The number of fused-ring (bicyclic) bond motifs is 3. The number of nitrogens with one attached hydrogen (secondary N) is 1. The summed E-state index contributed by atoms with van der Waals surface area (Å²) < 4.78 is 16.5. The van der Waals surface area contributed by atoms with Crippen LogP contribution < -0.4 is 5.32 Å². The maximum atomic E-state index is 13.0. The molecule has 2 heterocycles. The summed E-state index contributed by atoms with van der Waals surface area (Å²) in [5, 5.41) is 5.69. The lowest BCUT2D eigenvalue weighted by molar-refractivity contribution is -0.139. The van der Waals surface area contributed by atoms with E-state index in [4.69, 9.17) is 14.2 Å². The molecule has 0 amide bonds. The van der Waals surface area contributed by atoms with Gasteiger partial charge in [-0.05, 0) is 40.6 Å². The standard InChI is InChI=1S/C27H23NO5/c1-31-25(29)22-21-14-15-27(33-21,23(22)26(30)32-2)24(28-20-10-4-3-5-11-20)19-13-12-17-8-6-7-9-18(17)16-19/h3-16,21,24,28H,1-2H3. The van der Waals surface area contributed by atoms with E-state index >= 15 is 0 Å². The van der Waals surface area contributed by atoms with Gasteiger partial charge in [-0.1, -0.05) is 60.7 Å². The minimum absolute atomic E-state index is 0.158. The molecule has 1 N–H and O–H groups in total. The van der Waals surface area contributed by atoms with E-state index in [2.05, 4.69) is 11.4 Å². The van der Waals surface area contributed by atoms with Gasteiger partial charge in [-0.2, -0.15) is 0 Å². The van der Waals surface area contributed by atoms with E-state index < -0.39 is 29.7 Å². The Morgan fingerprint density at radius 2 is 1.61 bits per heavy atom. The Labute approximate surface area is 191 Å². The van der Waals surface area contributed by atoms with Crippen molar-refractivity contribution in [3.8, 4) is 0 Å². The third kappa shape index (κ3) is 3.39. The highest BCUT2D eigenvalue weighted by Gasteiger charge is 2.58. The minimum atomic E-state index is -1.25. The summed E-state index contributed by atoms with van der Waals surface area (Å²) in [5.41, 5.74) is 0.828. The van der Waals surface area contributed by atoms with Gasteiger partial charge in [0.1, 0.15) is 11.7 Å². The monoisotopic (exact) mass is 441 g/mol. The summed E-state index contributed by atoms with van der Waals surface area (Å²) in [6.45, 7) is 0. The number of esters is 2. The second-order valence-corrected chi connectivity index (χ2v) is 8.01. The highest BCUT2D eigenvalue weighted by Crippen LogP contribution is 2.51. The second kappa shape index (κ2) is 8.22. The molecule has 2 bridgehead atoms. The highest BCUT2D eigenvalue weighted by atomic mass is 16.6. The molecule has 6 heteroatoms. The highest BCUT2D eigenvalue weighted by molar-refractivity contribution is 6.05. The smallest absolute Gasteiger partial charge is 0.337 e. The predicted octanol–water partition coefficient (Wildman–Crippen LogP) is 4.34. The number of hydrogen-bond donors (Lipinski definition) is 1. The van der Waals surface area contributed by atoms with Crippen molar-refractivity contribution in [2.75, 3.05) is 19.5 Å². The third-order valence-corrected chi connectivity index (χ3v) is 6.20. The van der Waals surface area contributed by atoms with E-state index in [0.717, 1.165) is 22.0 Å². The Bertz CT molecular complexity index is 1300. The first kappa shape index (κ1) is 21.0. The van der Waals surface area contributed by atoms with Crippen molar-refractivity contribution in [1.29, 1.82) is 0 Å². The van der Waals surface area contributed by atoms with Gasteiger partial charge in [-0.3, -0.25) is 0 Å². The van der Waals surface area contributed by atoms with Crippen molar-refractivity contribution in [3.05, 3.63) is 102 Å². The number of rotatable bonds is 6. The number of benzene rings is 3. The number of hydrogen-bond acceptors (Lipinski definition) is 6. The van der Waals surface area contributed by atoms with Crippen LogP contribution in [0.4, 0.5) is 5.69 Å². The Kier molecular flexibility index (Phi) is 5.23. The fraction of sp³-hybridized carbons (Fsp3) is 0.185. The average molecular weight is 441 g/mol. The molecule has 0 aliphatic carbocycles. The van der Waals surface area contributed by atoms with Crippen molar-refractivity contribution in [1.82, 2.24) is 0 Å². The van der Waals surface area contributed by atoms with Crippen LogP contribution in [0.2, 0.25) is 0 Å². The van der Waals surface area contributed by atoms with Gasteiger partial charge in [0.05, 0.1) is 31.4 Å². The largest absolute Gasteiger partial charge is 0.466 e. The summed E-state index contributed by atoms with van der Waals surface area (Å²) >= 11 is 0. The summed E-state index contributed by atoms with van der Waals surface area (Å²) in [5.74, 6) is -1.23. The van der Waals surface area contributed by atoms with Crippen molar-refractivity contribution in [2.24, 2.45) is 0 Å². The molecular weight excluding hydrogens is 418 g/mol. The van der Waals surface area contributed by atoms with Gasteiger partial charge < -0.3 is 19.5 Å². The molecule has 3 aromatic carbocycles. The Hall–Kier alpha value is -3.90. The molecule has 0 spiro atoms. The van der Waals surface area contributed by atoms with E-state index in [0.29, 0.717) is 0 Å². The molecule has 2 aliphatic heterocycles. The van der Waals surface area contributed by atoms with E-state index in [1.54, 1.807) is 6.08 Å². The average Bonchev–Trinajstić information content (AvgIpc) is 3.44. The Morgan fingerprint density at radius 3 is 2.33 bits per heavy atom. The quantitative estimate of drug-likeness (QED) is 0.453. The summed E-state index contributed by atoms with van der Waals surface area (Å²) in [4.78, 5) is 25.7. The van der Waals surface area contributed by atoms with E-state index in [1.165, 1.54) is 14.2 Å². The molecule has 3 unspecified atom stereocenters.